The van der Waals surface area contributed by atoms with Crippen LogP contribution in [-0.2, 0) is 0 Å². The monoisotopic (exact) mass is 291 g/mol. The second-order valence-electron chi connectivity index (χ2n) is 3.74. The summed E-state index contributed by atoms with van der Waals surface area (Å²) in [6, 6.07) is 12.0. The van der Waals surface area contributed by atoms with Crippen molar-refractivity contribution in [3.8, 4) is 11.3 Å². The Morgan fingerprint density at radius 1 is 1.18 bits per heavy atom. The molecule has 0 saturated heterocycles. The molecule has 0 aliphatic heterocycles. The van der Waals surface area contributed by atoms with Gasteiger partial charge in [-0.3, -0.25) is 0 Å². The third kappa shape index (κ3) is 3.27. The average molecular weight is 292 g/mol. The van der Waals surface area contributed by atoms with Gasteiger partial charge in [0.1, 0.15) is 5.82 Å². The molecule has 3 nitrogen and oxygen atoms in total. The molecule has 88 valence electrons. The topological polar surface area (TPSA) is 37.8 Å². The van der Waals surface area contributed by atoms with E-state index in [-0.39, 0.29) is 0 Å². The highest BCUT2D eigenvalue weighted by atomic mass is 79.9. The average Bonchev–Trinajstić information content (AvgIpc) is 2.37. The standard InChI is InChI=1S/C13H14BrN3/c1-2-8-15-13-7-6-12(16-17-13)10-4-3-5-11(14)9-10/h3-7,9H,2,8H2,1H3,(H,15,17). The molecule has 1 N–H and O–H groups in total. The number of nitrogens with one attached hydrogen (secondary N) is 1. The molecule has 0 spiro atoms. The zero-order valence-corrected chi connectivity index (χ0v) is 11.2. The van der Waals surface area contributed by atoms with Crippen molar-refractivity contribution in [3.05, 3.63) is 40.9 Å². The molecule has 0 amide bonds. The van der Waals surface area contributed by atoms with Crippen molar-refractivity contribution in [2.75, 3.05) is 11.9 Å². The van der Waals surface area contributed by atoms with Gasteiger partial charge in [0.25, 0.3) is 0 Å². The zero-order chi connectivity index (χ0) is 12.1. The summed E-state index contributed by atoms with van der Waals surface area (Å²) < 4.78 is 1.05. The van der Waals surface area contributed by atoms with Crippen molar-refractivity contribution in [3.63, 3.8) is 0 Å². The van der Waals surface area contributed by atoms with Crippen LogP contribution >= 0.6 is 15.9 Å². The van der Waals surface area contributed by atoms with Crippen molar-refractivity contribution in [2.24, 2.45) is 0 Å². The van der Waals surface area contributed by atoms with E-state index in [2.05, 4.69) is 38.4 Å². The van der Waals surface area contributed by atoms with Gasteiger partial charge in [0, 0.05) is 16.6 Å². The van der Waals surface area contributed by atoms with Crippen LogP contribution in [0.2, 0.25) is 0 Å². The highest BCUT2D eigenvalue weighted by Crippen LogP contribution is 2.21. The van der Waals surface area contributed by atoms with Gasteiger partial charge in [0.05, 0.1) is 5.69 Å². The molecule has 0 saturated carbocycles. The Morgan fingerprint density at radius 2 is 2.06 bits per heavy atom. The van der Waals surface area contributed by atoms with E-state index >= 15 is 0 Å². The first-order chi connectivity index (χ1) is 8.29. The van der Waals surface area contributed by atoms with Crippen LogP contribution in [0.5, 0.6) is 0 Å². The molecular formula is C13H14BrN3. The molecule has 0 unspecified atom stereocenters. The van der Waals surface area contributed by atoms with Crippen LogP contribution in [0.3, 0.4) is 0 Å². The fraction of sp³-hybridized carbons (Fsp3) is 0.231. The smallest absolute Gasteiger partial charge is 0.148 e. The number of hydrogen-bond donors (Lipinski definition) is 1. The fourth-order valence-electron chi connectivity index (χ4n) is 1.48. The molecule has 0 radical (unpaired) electrons. The lowest BCUT2D eigenvalue weighted by Gasteiger charge is -2.04. The lowest BCUT2D eigenvalue weighted by molar-refractivity contribution is 0.945. The SMILES string of the molecule is CCCNc1ccc(-c2cccc(Br)c2)nn1. The van der Waals surface area contributed by atoms with Gasteiger partial charge in [-0.1, -0.05) is 35.0 Å². The Morgan fingerprint density at radius 3 is 2.71 bits per heavy atom. The van der Waals surface area contributed by atoms with Gasteiger partial charge >= 0.3 is 0 Å². The third-order valence-corrected chi connectivity index (χ3v) is 2.83. The van der Waals surface area contributed by atoms with Crippen molar-refractivity contribution in [1.29, 1.82) is 0 Å². The minimum absolute atomic E-state index is 0.825. The molecule has 0 bridgehead atoms. The zero-order valence-electron chi connectivity index (χ0n) is 9.65. The second-order valence-corrected chi connectivity index (χ2v) is 4.66. The molecule has 0 fully saturated rings. The Labute approximate surface area is 109 Å². The molecule has 0 aliphatic carbocycles. The van der Waals surface area contributed by atoms with Crippen molar-refractivity contribution in [1.82, 2.24) is 10.2 Å². The largest absolute Gasteiger partial charge is 0.369 e. The highest BCUT2D eigenvalue weighted by molar-refractivity contribution is 9.10. The van der Waals surface area contributed by atoms with Crippen molar-refractivity contribution in [2.45, 2.75) is 13.3 Å². The number of hydrogen-bond acceptors (Lipinski definition) is 3. The van der Waals surface area contributed by atoms with Crippen LogP contribution in [0.25, 0.3) is 11.3 Å². The predicted molar refractivity (Wildman–Crippen MR) is 73.9 cm³/mol. The minimum atomic E-state index is 0.825. The molecular weight excluding hydrogens is 278 g/mol. The maximum Gasteiger partial charge on any atom is 0.148 e. The molecule has 2 rings (SSSR count). The number of aromatic nitrogens is 2. The first kappa shape index (κ1) is 12.0. The van der Waals surface area contributed by atoms with Crippen LogP contribution in [0.15, 0.2) is 40.9 Å². The first-order valence-electron chi connectivity index (χ1n) is 5.63. The second kappa shape index (κ2) is 5.77. The summed E-state index contributed by atoms with van der Waals surface area (Å²) in [5, 5.41) is 11.6. The van der Waals surface area contributed by atoms with Crippen molar-refractivity contribution < 1.29 is 0 Å². The van der Waals surface area contributed by atoms with Gasteiger partial charge in [-0.15, -0.1) is 10.2 Å². The minimum Gasteiger partial charge on any atom is -0.369 e. The van der Waals surface area contributed by atoms with E-state index in [0.717, 1.165) is 34.5 Å². The van der Waals surface area contributed by atoms with Crippen LogP contribution in [0, 0.1) is 0 Å². The molecule has 1 heterocycles. The van der Waals surface area contributed by atoms with E-state index in [1.54, 1.807) is 0 Å². The molecule has 17 heavy (non-hydrogen) atoms. The third-order valence-electron chi connectivity index (χ3n) is 2.34. The summed E-state index contributed by atoms with van der Waals surface area (Å²) in [5.74, 6) is 0.825. The number of rotatable bonds is 4. The fourth-order valence-corrected chi connectivity index (χ4v) is 1.88. The number of nitrogens with zero attached hydrogens (tertiary/aromatic N) is 2. The van der Waals surface area contributed by atoms with Crippen LogP contribution in [-0.4, -0.2) is 16.7 Å². The summed E-state index contributed by atoms with van der Waals surface area (Å²) in [5.41, 5.74) is 1.95. The van der Waals surface area contributed by atoms with Crippen LogP contribution in [0.1, 0.15) is 13.3 Å². The molecule has 1 aromatic heterocycles. The van der Waals surface area contributed by atoms with Gasteiger partial charge in [0.15, 0.2) is 0 Å². The quantitative estimate of drug-likeness (QED) is 0.933. The Balaban J connectivity index is 2.17. The molecule has 2 aromatic rings. The highest BCUT2D eigenvalue weighted by Gasteiger charge is 2.01. The predicted octanol–water partition coefficient (Wildman–Crippen LogP) is 3.73. The lowest BCUT2D eigenvalue weighted by atomic mass is 10.1. The number of halogens is 1. The molecule has 4 heteroatoms. The Kier molecular flexibility index (Phi) is 4.09. The normalized spacial score (nSPS) is 10.2. The van der Waals surface area contributed by atoms with Gasteiger partial charge in [-0.2, -0.15) is 0 Å². The van der Waals surface area contributed by atoms with E-state index in [1.165, 1.54) is 0 Å². The van der Waals surface area contributed by atoms with E-state index in [0.29, 0.717) is 0 Å². The summed E-state index contributed by atoms with van der Waals surface area (Å²) in [6.07, 6.45) is 1.08. The van der Waals surface area contributed by atoms with Gasteiger partial charge < -0.3 is 5.32 Å². The number of benzene rings is 1. The van der Waals surface area contributed by atoms with Crippen LogP contribution in [0.4, 0.5) is 5.82 Å². The summed E-state index contributed by atoms with van der Waals surface area (Å²) in [7, 11) is 0. The molecule has 0 aliphatic rings. The van der Waals surface area contributed by atoms with Gasteiger partial charge in [-0.05, 0) is 30.7 Å². The lowest BCUT2D eigenvalue weighted by Crippen LogP contribution is -2.02. The van der Waals surface area contributed by atoms with E-state index in [1.807, 2.05) is 36.4 Å². The Bertz CT molecular complexity index is 482. The maximum atomic E-state index is 4.21. The van der Waals surface area contributed by atoms with Crippen molar-refractivity contribution >= 4 is 21.7 Å². The maximum absolute atomic E-state index is 4.21. The number of anilines is 1. The van der Waals surface area contributed by atoms with Crippen LogP contribution < -0.4 is 5.32 Å². The Hall–Kier alpha value is -1.42. The van der Waals surface area contributed by atoms with E-state index in [9.17, 15) is 0 Å². The summed E-state index contributed by atoms with van der Waals surface area (Å²) in [6.45, 7) is 3.04. The molecule has 0 atom stereocenters. The first-order valence-corrected chi connectivity index (χ1v) is 6.42. The summed E-state index contributed by atoms with van der Waals surface area (Å²) in [4.78, 5) is 0. The van der Waals surface area contributed by atoms with E-state index in [4.69, 9.17) is 0 Å². The summed E-state index contributed by atoms with van der Waals surface area (Å²) >= 11 is 3.45. The van der Waals surface area contributed by atoms with Gasteiger partial charge in [-0.25, -0.2) is 0 Å². The van der Waals surface area contributed by atoms with E-state index < -0.39 is 0 Å². The van der Waals surface area contributed by atoms with Gasteiger partial charge in [0.2, 0.25) is 0 Å². The molecule has 1 aromatic carbocycles.